The Kier molecular flexibility index (Phi) is 4.89. The predicted octanol–water partition coefficient (Wildman–Crippen LogP) is 1.61. The van der Waals surface area contributed by atoms with Crippen LogP contribution in [0, 0.1) is 12.7 Å². The zero-order valence-electron chi connectivity index (χ0n) is 9.74. The molecule has 0 saturated carbocycles. The van der Waals surface area contributed by atoms with Crippen molar-refractivity contribution < 1.29 is 12.8 Å². The van der Waals surface area contributed by atoms with Crippen LogP contribution in [0.1, 0.15) is 18.4 Å². The van der Waals surface area contributed by atoms with E-state index in [1.807, 2.05) is 0 Å². The summed E-state index contributed by atoms with van der Waals surface area (Å²) in [5.74, 6) is -0.606. The number of unbranched alkanes of at least 4 members (excludes halogenated alkanes) is 1. The van der Waals surface area contributed by atoms with E-state index in [4.69, 9.17) is 5.73 Å². The van der Waals surface area contributed by atoms with E-state index >= 15 is 0 Å². The number of benzene rings is 1. The number of rotatable bonds is 6. The van der Waals surface area contributed by atoms with E-state index in [-0.39, 0.29) is 11.4 Å². The molecule has 1 aromatic carbocycles. The minimum absolute atomic E-state index is 0.0280. The average Bonchev–Trinajstić information content (AvgIpc) is 2.24. The number of nitrogens with two attached hydrogens (primary N) is 1. The van der Waals surface area contributed by atoms with Gasteiger partial charge in [0.1, 0.15) is 5.82 Å². The number of nitrogens with one attached hydrogen (secondary N) is 1. The molecule has 3 N–H and O–H groups in total. The third-order valence-corrected chi connectivity index (χ3v) is 3.69. The first-order valence-corrected chi connectivity index (χ1v) is 7.07. The fraction of sp³-hybridized carbons (Fsp3) is 0.455. The highest BCUT2D eigenvalue weighted by atomic mass is 32.2. The van der Waals surface area contributed by atoms with Crippen molar-refractivity contribution in [2.24, 2.45) is 5.73 Å². The molecule has 96 valence electrons. The monoisotopic (exact) mass is 260 g/mol. The highest BCUT2D eigenvalue weighted by Gasteiger charge is 2.14. The molecule has 4 nitrogen and oxygen atoms in total. The van der Waals surface area contributed by atoms with Crippen LogP contribution >= 0.6 is 0 Å². The number of hydrogen-bond acceptors (Lipinski definition) is 3. The van der Waals surface area contributed by atoms with Crippen LogP contribution in [0.5, 0.6) is 0 Å². The molecule has 0 aromatic heterocycles. The quantitative estimate of drug-likeness (QED) is 0.763. The summed E-state index contributed by atoms with van der Waals surface area (Å²) in [5, 5.41) is 0. The lowest BCUT2D eigenvalue weighted by Gasteiger charge is -2.11. The van der Waals surface area contributed by atoms with Gasteiger partial charge >= 0.3 is 0 Å². The molecular weight excluding hydrogens is 243 g/mol. The second kappa shape index (κ2) is 5.97. The first-order valence-electron chi connectivity index (χ1n) is 5.42. The Morgan fingerprint density at radius 3 is 2.65 bits per heavy atom. The highest BCUT2D eigenvalue weighted by Crippen LogP contribution is 2.20. The van der Waals surface area contributed by atoms with Gasteiger partial charge in [-0.15, -0.1) is 0 Å². The van der Waals surface area contributed by atoms with Crippen molar-refractivity contribution in [3.63, 3.8) is 0 Å². The lowest BCUT2D eigenvalue weighted by atomic mass is 10.2. The Balaban J connectivity index is 2.76. The summed E-state index contributed by atoms with van der Waals surface area (Å²) in [5.41, 5.74) is 5.87. The van der Waals surface area contributed by atoms with E-state index in [1.165, 1.54) is 12.1 Å². The van der Waals surface area contributed by atoms with Gasteiger partial charge in [0.15, 0.2) is 0 Å². The van der Waals surface area contributed by atoms with Gasteiger partial charge in [0.25, 0.3) is 0 Å². The van der Waals surface area contributed by atoms with Gasteiger partial charge in [-0.05, 0) is 37.9 Å². The molecule has 0 bridgehead atoms. The Labute approximate surface area is 101 Å². The molecule has 17 heavy (non-hydrogen) atoms. The van der Waals surface area contributed by atoms with Crippen molar-refractivity contribution in [1.29, 1.82) is 0 Å². The van der Waals surface area contributed by atoms with Gasteiger partial charge in [-0.3, -0.25) is 4.72 Å². The smallest absolute Gasteiger partial charge is 0.232 e. The average molecular weight is 260 g/mol. The van der Waals surface area contributed by atoms with Gasteiger partial charge in [0.2, 0.25) is 10.0 Å². The van der Waals surface area contributed by atoms with Crippen LogP contribution in [0.4, 0.5) is 10.1 Å². The number of aryl methyl sites for hydroxylation is 1. The summed E-state index contributed by atoms with van der Waals surface area (Å²) < 4.78 is 39.0. The number of sulfonamides is 1. The fourth-order valence-corrected chi connectivity index (χ4v) is 2.66. The maximum atomic E-state index is 13.4. The van der Waals surface area contributed by atoms with Gasteiger partial charge < -0.3 is 5.73 Å². The maximum Gasteiger partial charge on any atom is 0.232 e. The molecular formula is C11H17FN2O2S. The number of hydrogen-bond donors (Lipinski definition) is 2. The summed E-state index contributed by atoms with van der Waals surface area (Å²) in [6.45, 7) is 2.11. The molecule has 0 amide bonds. The zero-order valence-corrected chi connectivity index (χ0v) is 10.6. The fourth-order valence-electron chi connectivity index (χ4n) is 1.40. The molecule has 0 aliphatic carbocycles. The lowest BCUT2D eigenvalue weighted by molar-refractivity contribution is 0.594. The van der Waals surface area contributed by atoms with E-state index in [1.54, 1.807) is 13.0 Å². The van der Waals surface area contributed by atoms with Gasteiger partial charge in [0.05, 0.1) is 11.4 Å². The van der Waals surface area contributed by atoms with Crippen molar-refractivity contribution in [3.05, 3.63) is 29.6 Å². The third kappa shape index (κ3) is 4.32. The highest BCUT2D eigenvalue weighted by molar-refractivity contribution is 7.92. The summed E-state index contributed by atoms with van der Waals surface area (Å²) in [6.07, 6.45) is 1.11. The Bertz CT molecular complexity index is 454. The van der Waals surface area contributed by atoms with Crippen molar-refractivity contribution in [2.45, 2.75) is 19.8 Å². The molecule has 0 aliphatic rings. The minimum Gasteiger partial charge on any atom is -0.330 e. The second-order valence-electron chi connectivity index (χ2n) is 3.85. The summed E-state index contributed by atoms with van der Waals surface area (Å²) in [7, 11) is -3.50. The van der Waals surface area contributed by atoms with Crippen LogP contribution in [-0.2, 0) is 10.0 Å². The lowest BCUT2D eigenvalue weighted by Crippen LogP contribution is -2.18. The number of para-hydroxylation sites is 1. The standard InChI is InChI=1S/C11H17FN2O2S/c1-9-5-4-6-10(12)11(9)14-17(15,16)8-3-2-7-13/h4-6,14H,2-3,7-8,13H2,1H3. The van der Waals surface area contributed by atoms with Crippen LogP contribution in [0.2, 0.25) is 0 Å². The summed E-state index contributed by atoms with van der Waals surface area (Å²) in [4.78, 5) is 0. The molecule has 0 radical (unpaired) electrons. The van der Waals surface area contributed by atoms with Crippen LogP contribution in [0.3, 0.4) is 0 Å². The Hall–Kier alpha value is -1.14. The topological polar surface area (TPSA) is 72.2 Å². The number of halogens is 1. The largest absolute Gasteiger partial charge is 0.330 e. The van der Waals surface area contributed by atoms with Crippen LogP contribution in [0.25, 0.3) is 0 Å². The first-order chi connectivity index (χ1) is 7.96. The third-order valence-electron chi connectivity index (χ3n) is 2.35. The van der Waals surface area contributed by atoms with E-state index in [0.29, 0.717) is 24.9 Å². The van der Waals surface area contributed by atoms with E-state index in [9.17, 15) is 12.8 Å². The molecule has 0 fully saturated rings. The predicted molar refractivity (Wildman–Crippen MR) is 66.8 cm³/mol. The van der Waals surface area contributed by atoms with E-state index in [0.717, 1.165) is 0 Å². The van der Waals surface area contributed by atoms with Gasteiger partial charge in [-0.25, -0.2) is 12.8 Å². The Morgan fingerprint density at radius 2 is 2.06 bits per heavy atom. The summed E-state index contributed by atoms with van der Waals surface area (Å²) in [6, 6.07) is 4.42. The van der Waals surface area contributed by atoms with Crippen molar-refractivity contribution in [1.82, 2.24) is 0 Å². The van der Waals surface area contributed by atoms with Crippen LogP contribution in [-0.4, -0.2) is 20.7 Å². The number of anilines is 1. The summed E-state index contributed by atoms with van der Waals surface area (Å²) >= 11 is 0. The molecule has 1 rings (SSSR count). The van der Waals surface area contributed by atoms with Crippen LogP contribution < -0.4 is 10.5 Å². The van der Waals surface area contributed by atoms with Gasteiger partial charge in [-0.2, -0.15) is 0 Å². The van der Waals surface area contributed by atoms with Crippen LogP contribution in [0.15, 0.2) is 18.2 Å². The zero-order chi connectivity index (χ0) is 12.9. The van der Waals surface area contributed by atoms with E-state index in [2.05, 4.69) is 4.72 Å². The van der Waals surface area contributed by atoms with Crippen molar-refractivity contribution in [2.75, 3.05) is 17.0 Å². The molecule has 0 atom stereocenters. The molecule has 0 aliphatic heterocycles. The van der Waals surface area contributed by atoms with Gasteiger partial charge in [0, 0.05) is 0 Å². The minimum atomic E-state index is -3.50. The molecule has 0 saturated heterocycles. The van der Waals surface area contributed by atoms with Crippen molar-refractivity contribution >= 4 is 15.7 Å². The first kappa shape index (κ1) is 13.9. The normalized spacial score (nSPS) is 11.5. The molecule has 1 aromatic rings. The maximum absolute atomic E-state index is 13.4. The Morgan fingerprint density at radius 1 is 1.35 bits per heavy atom. The second-order valence-corrected chi connectivity index (χ2v) is 5.69. The van der Waals surface area contributed by atoms with Gasteiger partial charge in [-0.1, -0.05) is 12.1 Å². The van der Waals surface area contributed by atoms with Crippen molar-refractivity contribution in [3.8, 4) is 0 Å². The molecule has 0 heterocycles. The molecule has 6 heteroatoms. The SMILES string of the molecule is Cc1cccc(F)c1NS(=O)(=O)CCCCN. The molecule has 0 spiro atoms. The van der Waals surface area contributed by atoms with E-state index < -0.39 is 15.8 Å². The molecule has 0 unspecified atom stereocenters.